The van der Waals surface area contributed by atoms with Gasteiger partial charge in [0.2, 0.25) is 5.91 Å². The Morgan fingerprint density at radius 3 is 2.62 bits per heavy atom. The van der Waals surface area contributed by atoms with E-state index in [1.165, 1.54) is 25.7 Å². The zero-order chi connectivity index (χ0) is 14.7. The molecule has 0 spiro atoms. The number of aliphatic hydroxyl groups excluding tert-OH is 1. The third-order valence-electron chi connectivity index (χ3n) is 5.75. The summed E-state index contributed by atoms with van der Waals surface area (Å²) in [6.45, 7) is 3.13. The lowest BCUT2D eigenvalue weighted by Gasteiger charge is -2.29. The van der Waals surface area contributed by atoms with Crippen LogP contribution in [0.1, 0.15) is 57.8 Å². The minimum Gasteiger partial charge on any atom is -0.396 e. The minimum atomic E-state index is 0.115. The van der Waals surface area contributed by atoms with Crippen LogP contribution in [0.2, 0.25) is 0 Å². The van der Waals surface area contributed by atoms with Gasteiger partial charge >= 0.3 is 0 Å². The third kappa shape index (κ3) is 3.98. The molecule has 3 rings (SSSR count). The molecule has 4 nitrogen and oxygen atoms in total. The summed E-state index contributed by atoms with van der Waals surface area (Å²) in [5.74, 6) is 1.14. The lowest BCUT2D eigenvalue weighted by atomic mass is 9.87. The van der Waals surface area contributed by atoms with Gasteiger partial charge in [0, 0.05) is 44.1 Å². The highest BCUT2D eigenvalue weighted by Crippen LogP contribution is 2.37. The van der Waals surface area contributed by atoms with Crippen LogP contribution in [0, 0.1) is 11.3 Å². The summed E-state index contributed by atoms with van der Waals surface area (Å²) in [5, 5.41) is 13.4. The van der Waals surface area contributed by atoms with E-state index < -0.39 is 0 Å². The van der Waals surface area contributed by atoms with Crippen LogP contribution in [-0.2, 0) is 4.79 Å². The van der Waals surface area contributed by atoms with Crippen LogP contribution in [0.5, 0.6) is 0 Å². The smallest absolute Gasteiger partial charge is 0.222 e. The second-order valence-corrected chi connectivity index (χ2v) is 7.55. The summed E-state index contributed by atoms with van der Waals surface area (Å²) in [4.78, 5) is 14.3. The average Bonchev–Trinajstić information content (AvgIpc) is 3.23. The number of nitrogens with zero attached hydrogens (tertiary/aromatic N) is 1. The molecule has 1 heterocycles. The molecule has 2 aliphatic carbocycles. The molecular formula is C17H30N2O2. The zero-order valence-corrected chi connectivity index (χ0v) is 13.1. The number of hydrogen-bond donors (Lipinski definition) is 2. The van der Waals surface area contributed by atoms with Gasteiger partial charge < -0.3 is 15.3 Å². The predicted octanol–water partition coefficient (Wildman–Crippen LogP) is 1.92. The number of likely N-dealkylation sites (tertiary alicyclic amines) is 1. The summed E-state index contributed by atoms with van der Waals surface area (Å²) >= 11 is 0. The molecule has 120 valence electrons. The van der Waals surface area contributed by atoms with Crippen LogP contribution in [0.4, 0.5) is 0 Å². The Morgan fingerprint density at radius 1 is 1.19 bits per heavy atom. The quantitative estimate of drug-likeness (QED) is 0.787. The highest BCUT2D eigenvalue weighted by atomic mass is 16.3. The fourth-order valence-corrected chi connectivity index (χ4v) is 3.92. The Labute approximate surface area is 128 Å². The van der Waals surface area contributed by atoms with Gasteiger partial charge in [0.05, 0.1) is 0 Å². The monoisotopic (exact) mass is 294 g/mol. The molecule has 3 aliphatic rings. The molecule has 21 heavy (non-hydrogen) atoms. The Kier molecular flexibility index (Phi) is 4.85. The van der Waals surface area contributed by atoms with E-state index in [4.69, 9.17) is 0 Å². The van der Waals surface area contributed by atoms with Gasteiger partial charge in [-0.3, -0.25) is 4.79 Å². The van der Waals surface area contributed by atoms with Crippen molar-refractivity contribution in [3.05, 3.63) is 0 Å². The van der Waals surface area contributed by atoms with Crippen molar-refractivity contribution >= 4 is 5.91 Å². The number of nitrogens with one attached hydrogen (secondary N) is 1. The summed E-state index contributed by atoms with van der Waals surface area (Å²) in [5.41, 5.74) is 0.115. The fourth-order valence-electron chi connectivity index (χ4n) is 3.92. The summed E-state index contributed by atoms with van der Waals surface area (Å²) in [6.07, 6.45) is 10.1. The normalized spacial score (nSPS) is 29.7. The van der Waals surface area contributed by atoms with E-state index in [0.717, 1.165) is 51.2 Å². The van der Waals surface area contributed by atoms with E-state index >= 15 is 0 Å². The van der Waals surface area contributed by atoms with Crippen LogP contribution < -0.4 is 5.32 Å². The molecule has 0 aromatic carbocycles. The lowest BCUT2D eigenvalue weighted by molar-refractivity contribution is -0.130. The standard InChI is InChI=1S/C17H30N2O2/c20-13-17(8-1-2-9-17)12-18-15-5-6-16(21)19(10-7-15)11-14-3-4-14/h14-15,18,20H,1-13H2/t15-/m0/s1. The lowest BCUT2D eigenvalue weighted by Crippen LogP contribution is -2.41. The van der Waals surface area contributed by atoms with Crippen LogP contribution in [-0.4, -0.2) is 48.2 Å². The molecule has 1 saturated heterocycles. The highest BCUT2D eigenvalue weighted by molar-refractivity contribution is 5.76. The maximum Gasteiger partial charge on any atom is 0.222 e. The van der Waals surface area contributed by atoms with Gasteiger partial charge in [0.15, 0.2) is 0 Å². The van der Waals surface area contributed by atoms with Crippen molar-refractivity contribution in [2.45, 2.75) is 63.8 Å². The van der Waals surface area contributed by atoms with Crippen molar-refractivity contribution in [3.63, 3.8) is 0 Å². The largest absolute Gasteiger partial charge is 0.396 e. The number of hydrogen-bond acceptors (Lipinski definition) is 3. The van der Waals surface area contributed by atoms with E-state index in [9.17, 15) is 9.90 Å². The second-order valence-electron chi connectivity index (χ2n) is 7.55. The van der Waals surface area contributed by atoms with E-state index in [-0.39, 0.29) is 5.41 Å². The van der Waals surface area contributed by atoms with Crippen LogP contribution in [0.15, 0.2) is 0 Å². The number of amides is 1. The van der Waals surface area contributed by atoms with Crippen molar-refractivity contribution in [2.24, 2.45) is 11.3 Å². The minimum absolute atomic E-state index is 0.115. The summed E-state index contributed by atoms with van der Waals surface area (Å²) < 4.78 is 0. The molecule has 1 atom stereocenters. The topological polar surface area (TPSA) is 52.6 Å². The molecule has 0 aromatic heterocycles. The summed E-state index contributed by atoms with van der Waals surface area (Å²) in [6, 6.07) is 0.446. The Bertz CT molecular complexity index is 362. The first kappa shape index (κ1) is 15.3. The van der Waals surface area contributed by atoms with Gasteiger partial charge in [0.25, 0.3) is 0 Å². The van der Waals surface area contributed by atoms with Crippen molar-refractivity contribution in [3.8, 4) is 0 Å². The van der Waals surface area contributed by atoms with Crippen LogP contribution in [0.25, 0.3) is 0 Å². The molecule has 1 amide bonds. The van der Waals surface area contributed by atoms with Gasteiger partial charge in [-0.2, -0.15) is 0 Å². The Balaban J connectivity index is 1.46. The van der Waals surface area contributed by atoms with Crippen molar-refractivity contribution in [1.82, 2.24) is 10.2 Å². The van der Waals surface area contributed by atoms with Crippen molar-refractivity contribution in [1.29, 1.82) is 0 Å². The number of aliphatic hydroxyl groups is 1. The molecular weight excluding hydrogens is 264 g/mol. The molecule has 2 N–H and O–H groups in total. The van der Waals surface area contributed by atoms with Crippen molar-refractivity contribution < 1.29 is 9.90 Å². The van der Waals surface area contributed by atoms with Gasteiger partial charge in [-0.1, -0.05) is 12.8 Å². The van der Waals surface area contributed by atoms with E-state index in [1.807, 2.05) is 0 Å². The van der Waals surface area contributed by atoms with Gasteiger partial charge in [-0.05, 0) is 44.4 Å². The average molecular weight is 294 g/mol. The highest BCUT2D eigenvalue weighted by Gasteiger charge is 2.34. The Hall–Kier alpha value is -0.610. The SMILES string of the molecule is O=C1CC[C@H](NCC2(CO)CCCC2)CCN1CC1CC1. The fraction of sp³-hybridized carbons (Fsp3) is 0.941. The number of rotatable bonds is 6. The van der Waals surface area contributed by atoms with E-state index in [2.05, 4.69) is 10.2 Å². The predicted molar refractivity (Wildman–Crippen MR) is 82.9 cm³/mol. The molecule has 0 aromatic rings. The first-order chi connectivity index (χ1) is 10.2. The summed E-state index contributed by atoms with van der Waals surface area (Å²) in [7, 11) is 0. The number of carbonyl (C=O) groups excluding carboxylic acids is 1. The van der Waals surface area contributed by atoms with Gasteiger partial charge in [-0.15, -0.1) is 0 Å². The number of carbonyl (C=O) groups is 1. The maximum atomic E-state index is 12.2. The van der Waals surface area contributed by atoms with Gasteiger partial charge in [0.1, 0.15) is 0 Å². The van der Waals surface area contributed by atoms with E-state index in [0.29, 0.717) is 25.0 Å². The zero-order valence-electron chi connectivity index (χ0n) is 13.1. The molecule has 1 aliphatic heterocycles. The molecule has 4 heteroatoms. The van der Waals surface area contributed by atoms with Crippen molar-refractivity contribution in [2.75, 3.05) is 26.2 Å². The first-order valence-corrected chi connectivity index (χ1v) is 8.83. The van der Waals surface area contributed by atoms with E-state index in [1.54, 1.807) is 0 Å². The van der Waals surface area contributed by atoms with Crippen LogP contribution in [0.3, 0.4) is 0 Å². The van der Waals surface area contributed by atoms with Crippen LogP contribution >= 0.6 is 0 Å². The Morgan fingerprint density at radius 2 is 1.95 bits per heavy atom. The van der Waals surface area contributed by atoms with Gasteiger partial charge in [-0.25, -0.2) is 0 Å². The molecule has 0 unspecified atom stereocenters. The second kappa shape index (κ2) is 6.66. The molecule has 0 bridgehead atoms. The molecule has 2 saturated carbocycles. The molecule has 3 fully saturated rings. The molecule has 0 radical (unpaired) electrons. The maximum absolute atomic E-state index is 12.2. The third-order valence-corrected chi connectivity index (χ3v) is 5.75. The first-order valence-electron chi connectivity index (χ1n) is 8.83.